The van der Waals surface area contributed by atoms with E-state index >= 15 is 0 Å². The molecule has 0 heterocycles. The Hall–Kier alpha value is -0.910. The maximum absolute atomic E-state index is 8.56. The summed E-state index contributed by atoms with van der Waals surface area (Å²) in [6.45, 7) is 2.03. The molecule has 16 heavy (non-hydrogen) atoms. The van der Waals surface area contributed by atoms with Crippen LogP contribution in [0.4, 0.5) is 0 Å². The van der Waals surface area contributed by atoms with Crippen LogP contribution in [0.2, 0.25) is 10.0 Å². The van der Waals surface area contributed by atoms with Crippen molar-refractivity contribution in [2.24, 2.45) is 0 Å². The van der Waals surface area contributed by atoms with E-state index in [-0.39, 0.29) is 5.92 Å². The Morgan fingerprint density at radius 3 is 2.69 bits per heavy atom. The van der Waals surface area contributed by atoms with Gasteiger partial charge < -0.3 is 4.74 Å². The molecule has 0 bridgehead atoms. The van der Waals surface area contributed by atoms with Crippen molar-refractivity contribution in [1.82, 2.24) is 0 Å². The Labute approximate surface area is 106 Å². The fourth-order valence-corrected chi connectivity index (χ4v) is 2.18. The zero-order valence-corrected chi connectivity index (χ0v) is 10.8. The largest absolute Gasteiger partial charge is 0.495 e. The van der Waals surface area contributed by atoms with E-state index in [2.05, 4.69) is 6.07 Å². The van der Waals surface area contributed by atoms with Gasteiger partial charge in [-0.2, -0.15) is 5.26 Å². The summed E-state index contributed by atoms with van der Waals surface area (Å²) in [5.41, 5.74) is 0.954. The number of halogens is 2. The minimum atomic E-state index is 0.200. The summed E-state index contributed by atoms with van der Waals surface area (Å²) in [5, 5.41) is 9.66. The Morgan fingerprint density at radius 1 is 1.44 bits per heavy atom. The van der Waals surface area contributed by atoms with E-state index in [0.717, 1.165) is 12.0 Å². The minimum Gasteiger partial charge on any atom is -0.495 e. The van der Waals surface area contributed by atoms with Crippen LogP contribution in [0.5, 0.6) is 5.75 Å². The van der Waals surface area contributed by atoms with Crippen LogP contribution in [-0.4, -0.2) is 7.11 Å². The van der Waals surface area contributed by atoms with E-state index in [4.69, 9.17) is 33.2 Å². The third-order valence-corrected chi connectivity index (χ3v) is 2.96. The summed E-state index contributed by atoms with van der Waals surface area (Å²) >= 11 is 12.0. The predicted octanol–water partition coefficient (Wildman–Crippen LogP) is 4.41. The molecule has 0 saturated heterocycles. The normalized spacial score (nSPS) is 11.9. The standard InChI is InChI=1S/C12H13Cl2NO/c1-8(4-3-5-15)10-6-9(13)7-11(14)12(10)16-2/h6-8H,3-4H2,1-2H3. The van der Waals surface area contributed by atoms with Gasteiger partial charge in [-0.3, -0.25) is 0 Å². The molecule has 0 aliphatic rings. The highest BCUT2D eigenvalue weighted by Gasteiger charge is 2.15. The molecule has 1 rings (SSSR count). The second-order valence-corrected chi connectivity index (χ2v) is 4.45. The molecule has 4 heteroatoms. The van der Waals surface area contributed by atoms with Gasteiger partial charge in [-0.05, 0) is 30.0 Å². The number of nitrogens with zero attached hydrogens (tertiary/aromatic N) is 1. The molecule has 1 unspecified atom stereocenters. The SMILES string of the molecule is COc1c(Cl)cc(Cl)cc1C(C)CCC#N. The van der Waals surface area contributed by atoms with Crippen LogP contribution < -0.4 is 4.74 Å². The van der Waals surface area contributed by atoms with Crippen molar-refractivity contribution in [3.05, 3.63) is 27.7 Å². The molecule has 0 aliphatic heterocycles. The summed E-state index contributed by atoms with van der Waals surface area (Å²) < 4.78 is 5.26. The second-order valence-electron chi connectivity index (χ2n) is 3.61. The lowest BCUT2D eigenvalue weighted by atomic mass is 9.95. The van der Waals surface area contributed by atoms with E-state index in [1.807, 2.05) is 13.0 Å². The van der Waals surface area contributed by atoms with Crippen molar-refractivity contribution in [3.8, 4) is 11.8 Å². The average Bonchev–Trinajstić information content (AvgIpc) is 2.24. The van der Waals surface area contributed by atoms with Crippen molar-refractivity contribution in [3.63, 3.8) is 0 Å². The lowest BCUT2D eigenvalue weighted by Gasteiger charge is -2.16. The van der Waals surface area contributed by atoms with Crippen LogP contribution in [0.15, 0.2) is 12.1 Å². The number of nitriles is 1. The van der Waals surface area contributed by atoms with Crippen molar-refractivity contribution in [2.75, 3.05) is 7.11 Å². The van der Waals surface area contributed by atoms with Gasteiger partial charge in [-0.1, -0.05) is 30.1 Å². The first kappa shape index (κ1) is 13.2. The lowest BCUT2D eigenvalue weighted by Crippen LogP contribution is -1.98. The molecule has 0 spiro atoms. The van der Waals surface area contributed by atoms with Gasteiger partial charge in [0.25, 0.3) is 0 Å². The summed E-state index contributed by atoms with van der Waals surface area (Å²) in [4.78, 5) is 0. The van der Waals surface area contributed by atoms with Crippen molar-refractivity contribution in [2.45, 2.75) is 25.7 Å². The first-order valence-electron chi connectivity index (χ1n) is 5.00. The van der Waals surface area contributed by atoms with E-state index in [0.29, 0.717) is 22.2 Å². The van der Waals surface area contributed by atoms with Crippen LogP contribution in [0.3, 0.4) is 0 Å². The van der Waals surface area contributed by atoms with Gasteiger partial charge in [0.1, 0.15) is 5.75 Å². The van der Waals surface area contributed by atoms with Gasteiger partial charge >= 0.3 is 0 Å². The molecule has 0 aromatic heterocycles. The van der Waals surface area contributed by atoms with Crippen LogP contribution in [0, 0.1) is 11.3 Å². The lowest BCUT2D eigenvalue weighted by molar-refractivity contribution is 0.405. The van der Waals surface area contributed by atoms with Gasteiger partial charge in [0.05, 0.1) is 18.2 Å². The molecule has 0 N–H and O–H groups in total. The highest BCUT2D eigenvalue weighted by atomic mass is 35.5. The second kappa shape index (κ2) is 5.98. The number of ether oxygens (including phenoxy) is 1. The molecule has 1 atom stereocenters. The van der Waals surface area contributed by atoms with Gasteiger partial charge in [-0.15, -0.1) is 0 Å². The van der Waals surface area contributed by atoms with Gasteiger partial charge in [0, 0.05) is 11.4 Å². The van der Waals surface area contributed by atoms with Crippen molar-refractivity contribution in [1.29, 1.82) is 5.26 Å². The van der Waals surface area contributed by atoms with Crippen LogP contribution >= 0.6 is 23.2 Å². The highest BCUT2D eigenvalue weighted by Crippen LogP contribution is 2.37. The fourth-order valence-electron chi connectivity index (χ4n) is 1.60. The maximum Gasteiger partial charge on any atom is 0.141 e. The third-order valence-electron chi connectivity index (χ3n) is 2.46. The zero-order chi connectivity index (χ0) is 12.1. The topological polar surface area (TPSA) is 33.0 Å². The molecule has 1 aromatic rings. The van der Waals surface area contributed by atoms with E-state index in [1.165, 1.54) is 0 Å². The van der Waals surface area contributed by atoms with Crippen molar-refractivity contribution >= 4 is 23.2 Å². The number of rotatable bonds is 4. The molecule has 2 nitrogen and oxygen atoms in total. The number of hydrogen-bond donors (Lipinski definition) is 0. The quantitative estimate of drug-likeness (QED) is 0.801. The van der Waals surface area contributed by atoms with E-state index in [9.17, 15) is 0 Å². The van der Waals surface area contributed by atoms with Crippen molar-refractivity contribution < 1.29 is 4.74 Å². The molecule has 0 fully saturated rings. The first-order valence-corrected chi connectivity index (χ1v) is 5.75. The smallest absolute Gasteiger partial charge is 0.141 e. The third kappa shape index (κ3) is 3.04. The molecular weight excluding hydrogens is 245 g/mol. The molecule has 0 saturated carbocycles. The zero-order valence-electron chi connectivity index (χ0n) is 9.26. The Balaban J connectivity index is 3.06. The Kier molecular flexibility index (Phi) is 4.92. The van der Waals surface area contributed by atoms with Gasteiger partial charge in [0.2, 0.25) is 0 Å². The number of methoxy groups -OCH3 is 1. The van der Waals surface area contributed by atoms with Crippen LogP contribution in [0.25, 0.3) is 0 Å². The Morgan fingerprint density at radius 2 is 2.12 bits per heavy atom. The molecule has 86 valence electrons. The highest BCUT2D eigenvalue weighted by molar-refractivity contribution is 6.35. The Bertz CT molecular complexity index is 412. The van der Waals surface area contributed by atoms with Crippen LogP contribution in [-0.2, 0) is 0 Å². The average molecular weight is 258 g/mol. The number of hydrogen-bond acceptors (Lipinski definition) is 2. The summed E-state index contributed by atoms with van der Waals surface area (Å²) in [7, 11) is 1.58. The molecule has 1 aromatic carbocycles. The van der Waals surface area contributed by atoms with Gasteiger partial charge in [0.15, 0.2) is 0 Å². The molecule has 0 aliphatic carbocycles. The van der Waals surface area contributed by atoms with E-state index in [1.54, 1.807) is 13.2 Å². The monoisotopic (exact) mass is 257 g/mol. The van der Waals surface area contributed by atoms with Crippen LogP contribution in [0.1, 0.15) is 31.2 Å². The predicted molar refractivity (Wildman–Crippen MR) is 66.3 cm³/mol. The fraction of sp³-hybridized carbons (Fsp3) is 0.417. The molecular formula is C12H13Cl2NO. The maximum atomic E-state index is 8.56. The summed E-state index contributed by atoms with van der Waals surface area (Å²) in [6, 6.07) is 5.63. The summed E-state index contributed by atoms with van der Waals surface area (Å²) in [5.74, 6) is 0.849. The minimum absolute atomic E-state index is 0.200. The van der Waals surface area contributed by atoms with Gasteiger partial charge in [-0.25, -0.2) is 0 Å². The number of benzene rings is 1. The first-order chi connectivity index (χ1) is 7.60. The molecule has 0 amide bonds. The molecule has 0 radical (unpaired) electrons. The van der Waals surface area contributed by atoms with E-state index < -0.39 is 0 Å². The summed E-state index contributed by atoms with van der Waals surface area (Å²) in [6.07, 6.45) is 1.28.